The van der Waals surface area contributed by atoms with Crippen molar-refractivity contribution in [2.75, 3.05) is 115 Å². The molecule has 0 saturated heterocycles. The molecule has 5 N–H and O–H groups in total. The number of rotatable bonds is 11. The molecule has 6 aliphatic carbocycles. The number of carbonyl (C=O) groups is 3. The first-order valence-electron chi connectivity index (χ1n) is 49.2. The smallest absolute Gasteiger partial charge is 0.264 e. The van der Waals surface area contributed by atoms with Crippen molar-refractivity contribution in [3.8, 4) is 17.2 Å². The number of anilines is 3. The number of hydrogen-bond acceptors (Lipinski definition) is 21. The maximum Gasteiger partial charge on any atom is 0.264 e. The average molecular weight is 1990 g/mol. The number of aliphatic hydroxyl groups excluding tert-OH is 2. The third-order valence-electron chi connectivity index (χ3n) is 32.5. The molecule has 3 amide bonds. The monoisotopic (exact) mass is 1980 g/mol. The minimum absolute atomic E-state index is 0.0727. The van der Waals surface area contributed by atoms with Crippen LogP contribution in [-0.2, 0) is 84.5 Å². The van der Waals surface area contributed by atoms with Crippen LogP contribution in [-0.4, -0.2) is 194 Å². The van der Waals surface area contributed by atoms with Crippen LogP contribution in [0.3, 0.4) is 0 Å². The van der Waals surface area contributed by atoms with Gasteiger partial charge in [0.15, 0.2) is 0 Å². The highest BCUT2D eigenvalue weighted by molar-refractivity contribution is 7.91. The quantitative estimate of drug-likeness (QED) is 0.0594. The lowest BCUT2D eigenvalue weighted by Gasteiger charge is -2.46. The number of benzene rings is 6. The predicted molar refractivity (Wildman–Crippen MR) is 535 cm³/mol. The number of aliphatic hydroxyl groups is 2. The van der Waals surface area contributed by atoms with Crippen LogP contribution in [0.15, 0.2) is 146 Å². The van der Waals surface area contributed by atoms with Crippen molar-refractivity contribution in [3.05, 3.63) is 211 Å². The number of carbonyl (C=O) groups excluding carboxylic acids is 3. The minimum atomic E-state index is -4.06. The minimum Gasteiger partial charge on any atom is -0.490 e. The molecular weight excluding hydrogens is 1850 g/mol. The zero-order valence-corrected chi connectivity index (χ0v) is 84.6. The van der Waals surface area contributed by atoms with Gasteiger partial charge in [0.25, 0.3) is 17.7 Å². The molecule has 30 heteroatoms. The zero-order valence-electron chi connectivity index (χ0n) is 79.9. The summed E-state index contributed by atoms with van der Waals surface area (Å²) in [5, 5.41) is 22.3. The van der Waals surface area contributed by atoms with Crippen molar-refractivity contribution < 1.29 is 83.0 Å². The lowest BCUT2D eigenvalue weighted by atomic mass is 9.68. The molecule has 6 bridgehead atoms. The van der Waals surface area contributed by atoms with Crippen molar-refractivity contribution >= 4 is 99.7 Å². The van der Waals surface area contributed by atoms with Crippen LogP contribution >= 0.6 is 34.8 Å². The molecule has 136 heavy (non-hydrogen) atoms. The Kier molecular flexibility index (Phi) is 32.0. The van der Waals surface area contributed by atoms with E-state index in [4.69, 9.17) is 68.0 Å². The Labute approximate surface area is 819 Å². The van der Waals surface area contributed by atoms with E-state index in [0.29, 0.717) is 108 Å². The Hall–Kier alpha value is -7.77. The number of halogens is 3. The lowest BCUT2D eigenvalue weighted by Crippen LogP contribution is -2.49. The van der Waals surface area contributed by atoms with Gasteiger partial charge in [-0.1, -0.05) is 124 Å². The molecular formula is C106H137Cl3N6O18S3. The molecule has 6 heterocycles. The molecule has 6 aromatic carbocycles. The van der Waals surface area contributed by atoms with E-state index in [-0.39, 0.29) is 112 Å². The third-order valence-corrected chi connectivity index (χ3v) is 39.1. The van der Waals surface area contributed by atoms with Gasteiger partial charge in [-0.15, -0.1) is 0 Å². The number of aryl methyl sites for hydroxylation is 3. The van der Waals surface area contributed by atoms with Gasteiger partial charge >= 0.3 is 0 Å². The highest BCUT2D eigenvalue weighted by atomic mass is 35.5. The normalized spacial score (nSPS) is 32.5. The fourth-order valence-corrected chi connectivity index (χ4v) is 29.8. The van der Waals surface area contributed by atoms with Gasteiger partial charge in [-0.05, 0) is 319 Å². The van der Waals surface area contributed by atoms with Gasteiger partial charge in [0.1, 0.15) is 17.2 Å². The van der Waals surface area contributed by atoms with Crippen molar-refractivity contribution in [1.82, 2.24) is 14.2 Å². The van der Waals surface area contributed by atoms with Crippen LogP contribution in [0.2, 0.25) is 15.1 Å². The fraction of sp³-hybridized carbons (Fsp3) is 0.575. The van der Waals surface area contributed by atoms with Crippen LogP contribution < -0.4 is 43.1 Å². The van der Waals surface area contributed by atoms with Gasteiger partial charge < -0.3 is 58.1 Å². The molecule has 18 rings (SSSR count). The van der Waals surface area contributed by atoms with E-state index in [1.807, 2.05) is 96.2 Å². The molecule has 7 unspecified atom stereocenters. The maximum atomic E-state index is 13.8. The van der Waals surface area contributed by atoms with Gasteiger partial charge in [0.2, 0.25) is 30.1 Å². The summed E-state index contributed by atoms with van der Waals surface area (Å²) in [7, 11) is -7.16. The molecule has 0 aromatic heterocycles. The second-order valence-electron chi connectivity index (χ2n) is 41.1. The second kappa shape index (κ2) is 43.0. The number of nitrogens with zero attached hydrogens (tertiary/aromatic N) is 3. The Morgan fingerprint density at radius 1 is 0.478 bits per heavy atom. The maximum absolute atomic E-state index is 13.8. The first kappa shape index (κ1) is 101. The van der Waals surface area contributed by atoms with Crippen molar-refractivity contribution in [2.24, 2.45) is 59.2 Å². The summed E-state index contributed by atoms with van der Waals surface area (Å²) in [6.45, 7) is 18.1. The van der Waals surface area contributed by atoms with E-state index >= 15 is 0 Å². The van der Waals surface area contributed by atoms with Crippen LogP contribution in [0.5, 0.6) is 17.2 Å². The average Bonchev–Trinajstić information content (AvgIpc) is 1.54. The number of ether oxygens (including phenoxy) is 7. The summed E-state index contributed by atoms with van der Waals surface area (Å²) < 4.78 is 131. The van der Waals surface area contributed by atoms with E-state index in [0.717, 1.165) is 142 Å². The summed E-state index contributed by atoms with van der Waals surface area (Å²) in [5.74, 6) is 0.696. The van der Waals surface area contributed by atoms with E-state index < -0.39 is 75.7 Å². The lowest BCUT2D eigenvalue weighted by molar-refractivity contribution is 0.0131. The molecule has 3 saturated carbocycles. The number of allylic oxidation sites excluding steroid dienone is 3. The van der Waals surface area contributed by atoms with E-state index in [2.05, 4.69) is 77.4 Å². The SMILES string of the molecule is CC[C@@H]1[C@@H](C)[C@@H](C)/C=C/[C@H](O)[C@@H]2CC[C@H]2CN2C[C@@]3(CCCc4cc(Cl)ccc43)COc3ccc(cc32)C(=O)NS1(=O)=O.COC(C)CC1C(C)C/C=C/C(O)C2CCC2CN2CC3(CCCc4cc(Cl)ccc43)COc3ccc(cc32)C(=O)NS1(=O)=O.COCCOCC[C@@H]1[C@@H](C)C/C=C/[C@H](OC)[C@@H]2CC[C@H]2CN2C[C@@]3(CCCc4cc(Cl)ccc43)COc3ccc(cc32)C(=O)NS1(=O)=O. The van der Waals surface area contributed by atoms with Gasteiger partial charge in [-0.25, -0.2) is 39.4 Å². The number of sulfonamides is 3. The molecule has 20 atom stereocenters. The molecule has 12 aliphatic rings. The summed E-state index contributed by atoms with van der Waals surface area (Å²) in [6, 6.07) is 34.3. The van der Waals surface area contributed by atoms with E-state index in [1.54, 1.807) is 63.8 Å². The topological polar surface area (TPSA) is 305 Å². The Morgan fingerprint density at radius 3 is 1.27 bits per heavy atom. The summed E-state index contributed by atoms with van der Waals surface area (Å²) in [6.07, 6.45) is 26.9. The summed E-state index contributed by atoms with van der Waals surface area (Å²) >= 11 is 19.2. The van der Waals surface area contributed by atoms with Crippen molar-refractivity contribution in [3.63, 3.8) is 0 Å². The zero-order chi connectivity index (χ0) is 96.3. The molecule has 0 radical (unpaired) electrons. The Balaban J connectivity index is 0.000000148. The van der Waals surface area contributed by atoms with Gasteiger partial charge in [0.05, 0.1) is 90.3 Å². The number of fused-ring (bicyclic) bond motifs is 12. The van der Waals surface area contributed by atoms with Crippen molar-refractivity contribution in [2.45, 2.75) is 226 Å². The Morgan fingerprint density at radius 2 is 0.875 bits per heavy atom. The summed E-state index contributed by atoms with van der Waals surface area (Å²) in [5.41, 5.74) is 9.98. The summed E-state index contributed by atoms with van der Waals surface area (Å²) in [4.78, 5) is 47.9. The second-order valence-corrected chi connectivity index (χ2v) is 48.1. The third kappa shape index (κ3) is 22.0. The molecule has 6 aliphatic heterocycles. The Bertz CT molecular complexity index is 5790. The predicted octanol–water partition coefficient (Wildman–Crippen LogP) is 17.5. The first-order chi connectivity index (χ1) is 65.1. The first-order valence-corrected chi connectivity index (χ1v) is 55.0. The molecule has 738 valence electrons. The number of hydrogen-bond donors (Lipinski definition) is 5. The number of methoxy groups -OCH3 is 3. The van der Waals surface area contributed by atoms with Gasteiger partial charge in [-0.2, -0.15) is 0 Å². The van der Waals surface area contributed by atoms with Crippen LogP contribution in [0.25, 0.3) is 0 Å². The van der Waals surface area contributed by atoms with Gasteiger partial charge in [-0.3, -0.25) is 14.4 Å². The standard InChI is InChI=1S/C37H49ClN2O7S.C35H45ClN2O6S.C34H43ClN2O5S/c1-25-6-4-8-33(45-3)30-12-9-28(30)22-40-23-37(16-5-7-26-20-29(38)11-13-31(26)37)24-47-34-14-10-27(21-32(34)40)36(41)39-48(42,43)35(25)15-17-46-19-18-44-2;1-22-6-4-8-31(39)28-12-9-26(28)19-38-20-35(15-5-7-24-17-27(36)11-13-29(24)35)21-44-32-14-10-25(18-30(32)38)34(40)37-45(41,42)33(22)16-23(2)43-3;1-4-32-22(3)21(2)7-13-30(38)27-11-8-25(27)18-37-19-34(15-5-6-23-16-26(35)10-12-28(23)34)20-42-31-14-9-24(17-29(31)37)33(39)36-43(32,40)41/h4,8,10-11,13-14,20-21,25,28,30,33,35H,5-7,9,12,15-19,22-24H2,1-3H3,(H,39,41);4,8,10-11,13-14,17-18,22-23,26,28,31,33,39H,5-7,9,12,15-16,19-21H2,1-3H3,(H,37,40);7,9-10,12-14,16-17,21-22,25,27,30,32,38H,4-6,8,11,15,18-20H2,1-3H3,(H,36,39)/b2*8-4+;13-7+/t25-,28-,30+,33-,35+,37-;;21-,22-,25-,27+,30-,32+,34-/m0.0/s1. The highest BCUT2D eigenvalue weighted by Gasteiger charge is 2.51. The molecule has 6 aromatic rings. The van der Waals surface area contributed by atoms with E-state index in [1.165, 1.54) is 33.4 Å². The van der Waals surface area contributed by atoms with Crippen molar-refractivity contribution in [1.29, 1.82) is 0 Å². The van der Waals surface area contributed by atoms with E-state index in [9.17, 15) is 49.9 Å². The number of amides is 3. The molecule has 3 fully saturated rings. The molecule has 3 spiro atoms. The largest absolute Gasteiger partial charge is 0.490 e. The van der Waals surface area contributed by atoms with Crippen LogP contribution in [0.1, 0.15) is 215 Å². The fourth-order valence-electron chi connectivity index (χ4n) is 24.0. The number of nitrogens with one attached hydrogen (secondary N) is 3. The van der Waals surface area contributed by atoms with Crippen LogP contribution in [0.4, 0.5) is 17.1 Å². The van der Waals surface area contributed by atoms with Crippen LogP contribution in [0, 0.1) is 59.2 Å². The highest BCUT2D eigenvalue weighted by Crippen LogP contribution is 2.53. The molecule has 24 nitrogen and oxygen atoms in total. The van der Waals surface area contributed by atoms with Gasteiger partial charge in [0, 0.05) is 115 Å².